The van der Waals surface area contributed by atoms with E-state index in [2.05, 4.69) is 35.9 Å². The third-order valence-corrected chi connectivity index (χ3v) is 6.72. The second-order valence-electron chi connectivity index (χ2n) is 9.53. The molecule has 2 saturated heterocycles. The number of imidazole rings is 1. The summed E-state index contributed by atoms with van der Waals surface area (Å²) in [6.07, 6.45) is -1.11. The molecule has 5 N–H and O–H groups in total. The third-order valence-electron chi connectivity index (χ3n) is 6.72. The monoisotopic (exact) mass is 555 g/mol. The van der Waals surface area contributed by atoms with E-state index < -0.39 is 37.0 Å². The van der Waals surface area contributed by atoms with Crippen molar-refractivity contribution in [1.82, 2.24) is 34.5 Å². The van der Waals surface area contributed by atoms with Crippen molar-refractivity contribution in [2.75, 3.05) is 30.5 Å². The van der Waals surface area contributed by atoms with Crippen LogP contribution in [0.1, 0.15) is 18.2 Å². The maximum absolute atomic E-state index is 13.1. The van der Waals surface area contributed by atoms with E-state index in [-0.39, 0.29) is 35.8 Å². The minimum absolute atomic E-state index is 0.0106. The normalized spacial score (nSPS) is 24.6. The van der Waals surface area contributed by atoms with E-state index in [4.69, 9.17) is 9.47 Å². The van der Waals surface area contributed by atoms with Crippen LogP contribution >= 0.6 is 0 Å². The summed E-state index contributed by atoms with van der Waals surface area (Å²) in [6.45, 7) is 0.592. The number of amides is 1. The van der Waals surface area contributed by atoms with Gasteiger partial charge in [-0.05, 0) is 24.1 Å². The van der Waals surface area contributed by atoms with Crippen molar-refractivity contribution in [2.24, 2.45) is 0 Å². The van der Waals surface area contributed by atoms with Gasteiger partial charge >= 0.3 is 0 Å². The number of hydrogen-bond donors (Lipinski definition) is 5. The number of halogens is 1. The van der Waals surface area contributed by atoms with Gasteiger partial charge in [-0.2, -0.15) is 14.6 Å². The van der Waals surface area contributed by atoms with Crippen LogP contribution < -0.4 is 10.6 Å². The highest BCUT2D eigenvalue weighted by molar-refractivity contribution is 5.91. The zero-order valence-corrected chi connectivity index (χ0v) is 21.0. The number of aliphatic hydroxyl groups excluding tert-OH is 3. The topological polar surface area (TPSA) is 195 Å². The van der Waals surface area contributed by atoms with Crippen LogP contribution in [0.3, 0.4) is 0 Å². The first kappa shape index (κ1) is 26.1. The lowest BCUT2D eigenvalue weighted by Crippen LogP contribution is -2.33. The first-order valence-corrected chi connectivity index (χ1v) is 12.6. The molecule has 3 aromatic heterocycles. The molecule has 2 fully saturated rings. The number of rotatable bonds is 8. The molecule has 16 heteroatoms. The quantitative estimate of drug-likeness (QED) is 0.188. The molecule has 5 heterocycles. The van der Waals surface area contributed by atoms with Gasteiger partial charge in [-0.1, -0.05) is 17.3 Å². The molecule has 4 aromatic rings. The predicted octanol–water partition coefficient (Wildman–Crippen LogP) is -0.460. The van der Waals surface area contributed by atoms with E-state index in [0.717, 1.165) is 6.42 Å². The summed E-state index contributed by atoms with van der Waals surface area (Å²) >= 11 is 0. The van der Waals surface area contributed by atoms with Crippen molar-refractivity contribution >= 4 is 28.7 Å². The first-order chi connectivity index (χ1) is 19.4. The number of aliphatic hydroxyl groups is 3. The molecule has 40 heavy (non-hydrogen) atoms. The molecular weight excluding hydrogens is 529 g/mol. The minimum Gasteiger partial charge on any atom is -0.394 e. The lowest BCUT2D eigenvalue weighted by Gasteiger charge is -2.17. The van der Waals surface area contributed by atoms with Gasteiger partial charge in [-0.3, -0.25) is 9.36 Å². The highest BCUT2D eigenvalue weighted by atomic mass is 19.1. The van der Waals surface area contributed by atoms with Crippen LogP contribution in [0.2, 0.25) is 0 Å². The molecule has 0 spiro atoms. The molecule has 0 unspecified atom stereocenters. The van der Waals surface area contributed by atoms with E-state index in [1.807, 2.05) is 0 Å². The van der Waals surface area contributed by atoms with Gasteiger partial charge in [0.15, 0.2) is 29.0 Å². The summed E-state index contributed by atoms with van der Waals surface area (Å²) in [7, 11) is 0. The lowest BCUT2D eigenvalue weighted by atomic mass is 10.1. The Hall–Kier alpha value is -4.09. The number of benzene rings is 1. The molecule has 2 aliphatic rings. The van der Waals surface area contributed by atoms with E-state index in [9.17, 15) is 24.5 Å². The van der Waals surface area contributed by atoms with Crippen molar-refractivity contribution in [2.45, 2.75) is 43.4 Å². The molecule has 1 amide bonds. The number of nitrogens with zero attached hydrogens (tertiary/aromatic N) is 7. The SMILES string of the molecule is O=C(Cc1ccc(F)cc1)Nc1cn(-c2nc(N[C@@H]3CCOC3)c3ncn([C@@H]4O[C@H](CO)[C@@H](O)[C@H]4O)c3n2)nn1. The largest absolute Gasteiger partial charge is 0.394 e. The fourth-order valence-electron chi connectivity index (χ4n) is 4.64. The van der Waals surface area contributed by atoms with Gasteiger partial charge in [0.25, 0.3) is 5.95 Å². The molecule has 0 bridgehead atoms. The average molecular weight is 556 g/mol. The van der Waals surface area contributed by atoms with Crippen LogP contribution in [-0.2, 0) is 20.7 Å². The Balaban J connectivity index is 1.30. The average Bonchev–Trinajstić information content (AvgIpc) is 3.75. The van der Waals surface area contributed by atoms with E-state index in [0.29, 0.717) is 30.1 Å². The van der Waals surface area contributed by atoms with Crippen molar-refractivity contribution in [3.8, 4) is 5.95 Å². The number of hydrogen-bond acceptors (Lipinski definition) is 12. The van der Waals surface area contributed by atoms with E-state index in [1.165, 1.54) is 46.0 Å². The molecule has 6 rings (SSSR count). The summed E-state index contributed by atoms with van der Waals surface area (Å²) in [5.41, 5.74) is 1.27. The molecule has 0 saturated carbocycles. The van der Waals surface area contributed by atoms with E-state index in [1.54, 1.807) is 0 Å². The van der Waals surface area contributed by atoms with Gasteiger partial charge in [0.2, 0.25) is 5.91 Å². The summed E-state index contributed by atoms with van der Waals surface area (Å²) in [5, 5.41) is 44.3. The van der Waals surface area contributed by atoms with Crippen molar-refractivity contribution in [3.05, 3.63) is 48.2 Å². The maximum atomic E-state index is 13.1. The van der Waals surface area contributed by atoms with Gasteiger partial charge in [-0.25, -0.2) is 9.37 Å². The number of nitrogens with one attached hydrogen (secondary N) is 2. The highest BCUT2D eigenvalue weighted by Crippen LogP contribution is 2.33. The Bertz CT molecular complexity index is 1510. The summed E-state index contributed by atoms with van der Waals surface area (Å²) in [5.74, 6) is -0.169. The summed E-state index contributed by atoms with van der Waals surface area (Å²) in [4.78, 5) is 26.0. The van der Waals surface area contributed by atoms with E-state index >= 15 is 0 Å². The standard InChI is InChI=1S/C24H26FN9O6/c25-13-3-1-12(2-4-13)7-17(36)28-16-8-34(32-31-16)24-29-21(27-14-5-6-39-10-14)18-22(30-24)33(11-26-18)23-20(38)19(37)15(9-35)40-23/h1-4,8,11,14-15,19-20,23,35,37-38H,5-7,9-10H2,(H,28,36)(H,27,29,30)/t14-,15-,19-,20-,23-/m1/s1. The second kappa shape index (κ2) is 10.8. The fourth-order valence-corrected chi connectivity index (χ4v) is 4.64. The molecule has 5 atom stereocenters. The summed E-state index contributed by atoms with van der Waals surface area (Å²) in [6, 6.07) is 5.58. The number of fused-ring (bicyclic) bond motifs is 1. The Labute approximate surface area is 225 Å². The van der Waals surface area contributed by atoms with Gasteiger partial charge in [0.1, 0.15) is 24.1 Å². The minimum atomic E-state index is -1.35. The maximum Gasteiger partial charge on any atom is 0.256 e. The zero-order chi connectivity index (χ0) is 27.8. The number of carbonyl (C=O) groups is 1. The second-order valence-corrected chi connectivity index (χ2v) is 9.53. The molecule has 0 aliphatic carbocycles. The lowest BCUT2D eigenvalue weighted by molar-refractivity contribution is -0.115. The van der Waals surface area contributed by atoms with Gasteiger partial charge in [0.05, 0.1) is 38.2 Å². The Morgan fingerprint density at radius 1 is 1.18 bits per heavy atom. The number of ether oxygens (including phenoxy) is 2. The van der Waals surface area contributed by atoms with Gasteiger partial charge < -0.3 is 35.4 Å². The fraction of sp³-hybridized carbons (Fsp3) is 0.417. The molecule has 0 radical (unpaired) electrons. The zero-order valence-electron chi connectivity index (χ0n) is 21.0. The van der Waals surface area contributed by atoms with Crippen LogP contribution in [0, 0.1) is 5.82 Å². The Kier molecular flexibility index (Phi) is 7.07. The highest BCUT2D eigenvalue weighted by Gasteiger charge is 2.44. The van der Waals surface area contributed by atoms with Crippen LogP contribution in [0.4, 0.5) is 16.0 Å². The molecule has 1 aromatic carbocycles. The van der Waals surface area contributed by atoms with Crippen molar-refractivity contribution in [1.29, 1.82) is 0 Å². The molecule has 15 nitrogen and oxygen atoms in total. The van der Waals surface area contributed by atoms with Gasteiger partial charge in [-0.15, -0.1) is 5.10 Å². The molecule has 210 valence electrons. The van der Waals surface area contributed by atoms with Crippen LogP contribution in [0.5, 0.6) is 0 Å². The number of anilines is 2. The van der Waals surface area contributed by atoms with Gasteiger partial charge in [0, 0.05) is 6.61 Å². The molecular formula is C24H26FN9O6. The molecule has 2 aliphatic heterocycles. The van der Waals surface area contributed by atoms with Crippen LogP contribution in [-0.4, -0.2) is 99.9 Å². The van der Waals surface area contributed by atoms with Crippen molar-refractivity contribution < 1.29 is 34.0 Å². The van der Waals surface area contributed by atoms with Crippen molar-refractivity contribution in [3.63, 3.8) is 0 Å². The van der Waals surface area contributed by atoms with Crippen LogP contribution in [0.15, 0.2) is 36.8 Å². The summed E-state index contributed by atoms with van der Waals surface area (Å²) < 4.78 is 27.0. The number of carbonyl (C=O) groups excluding carboxylic acids is 1. The first-order valence-electron chi connectivity index (χ1n) is 12.6. The number of aromatic nitrogens is 7. The Morgan fingerprint density at radius 2 is 2.00 bits per heavy atom. The Morgan fingerprint density at radius 3 is 2.73 bits per heavy atom. The predicted molar refractivity (Wildman–Crippen MR) is 135 cm³/mol. The third kappa shape index (κ3) is 5.09. The van der Waals surface area contributed by atoms with Crippen LogP contribution in [0.25, 0.3) is 17.1 Å². The smallest absolute Gasteiger partial charge is 0.256 e.